The second-order valence-corrected chi connectivity index (χ2v) is 4.85. The van der Waals surface area contributed by atoms with E-state index in [0.29, 0.717) is 12.3 Å². The van der Waals surface area contributed by atoms with E-state index in [1.165, 1.54) is 6.07 Å². The lowest BCUT2D eigenvalue weighted by atomic mass is 9.83. The standard InChI is InChI=1S/C13H15F3N2O/c14-13(15,16)9-4-5-11(10(17)7-9)18-12(19)6-8-2-1-3-8/h4-5,7-8H,1-3,6,17H2,(H,18,19). The number of carbonyl (C=O) groups is 1. The highest BCUT2D eigenvalue weighted by Gasteiger charge is 2.31. The minimum absolute atomic E-state index is 0.0724. The Bertz CT molecular complexity index is 481. The number of rotatable bonds is 3. The van der Waals surface area contributed by atoms with E-state index in [0.717, 1.165) is 31.4 Å². The molecule has 0 atom stereocenters. The average molecular weight is 272 g/mol. The number of alkyl halides is 3. The number of nitrogens with one attached hydrogen (secondary N) is 1. The van der Waals surface area contributed by atoms with E-state index in [-0.39, 0.29) is 17.3 Å². The summed E-state index contributed by atoms with van der Waals surface area (Å²) >= 11 is 0. The van der Waals surface area contributed by atoms with Crippen LogP contribution in [-0.4, -0.2) is 5.91 Å². The summed E-state index contributed by atoms with van der Waals surface area (Å²) in [5, 5.41) is 2.56. The summed E-state index contributed by atoms with van der Waals surface area (Å²) in [6.07, 6.45) is -0.810. The van der Waals surface area contributed by atoms with Crippen LogP contribution in [0.2, 0.25) is 0 Å². The van der Waals surface area contributed by atoms with Crippen molar-refractivity contribution in [3.05, 3.63) is 23.8 Å². The molecule has 1 aliphatic rings. The summed E-state index contributed by atoms with van der Waals surface area (Å²) in [6, 6.07) is 2.94. The van der Waals surface area contributed by atoms with Gasteiger partial charge in [0.2, 0.25) is 5.91 Å². The van der Waals surface area contributed by atoms with Gasteiger partial charge < -0.3 is 11.1 Å². The Morgan fingerprint density at radius 2 is 2.05 bits per heavy atom. The highest BCUT2D eigenvalue weighted by Crippen LogP contribution is 2.33. The second-order valence-electron chi connectivity index (χ2n) is 4.85. The first-order chi connectivity index (χ1) is 8.86. The van der Waals surface area contributed by atoms with Gasteiger partial charge in [-0.1, -0.05) is 6.42 Å². The van der Waals surface area contributed by atoms with Gasteiger partial charge in [-0.25, -0.2) is 0 Å². The molecule has 19 heavy (non-hydrogen) atoms. The van der Waals surface area contributed by atoms with Gasteiger partial charge in [0, 0.05) is 6.42 Å². The Balaban J connectivity index is 2.02. The van der Waals surface area contributed by atoms with Gasteiger partial charge in [-0.3, -0.25) is 4.79 Å². The molecule has 0 unspecified atom stereocenters. The Kier molecular flexibility index (Phi) is 3.68. The van der Waals surface area contributed by atoms with E-state index >= 15 is 0 Å². The number of carbonyl (C=O) groups excluding carboxylic acids is 1. The predicted octanol–water partition coefficient (Wildman–Crippen LogP) is 3.42. The predicted molar refractivity (Wildman–Crippen MR) is 66.4 cm³/mol. The Morgan fingerprint density at radius 3 is 2.53 bits per heavy atom. The van der Waals surface area contributed by atoms with Gasteiger partial charge in [0.25, 0.3) is 0 Å². The molecule has 1 saturated carbocycles. The van der Waals surface area contributed by atoms with Gasteiger partial charge in [0.05, 0.1) is 16.9 Å². The maximum Gasteiger partial charge on any atom is 0.416 e. The first-order valence-corrected chi connectivity index (χ1v) is 6.13. The molecule has 3 N–H and O–H groups in total. The number of halogens is 3. The van der Waals surface area contributed by atoms with Crippen LogP contribution in [0.5, 0.6) is 0 Å². The van der Waals surface area contributed by atoms with Crippen LogP contribution < -0.4 is 11.1 Å². The van der Waals surface area contributed by atoms with E-state index in [1.807, 2.05) is 0 Å². The molecule has 0 spiro atoms. The molecule has 1 aromatic rings. The summed E-state index contributed by atoms with van der Waals surface area (Å²) < 4.78 is 37.3. The molecular weight excluding hydrogens is 257 g/mol. The zero-order chi connectivity index (χ0) is 14.0. The van der Waals surface area contributed by atoms with Gasteiger partial charge >= 0.3 is 6.18 Å². The number of nitrogens with two attached hydrogens (primary N) is 1. The Labute approximate surface area is 109 Å². The van der Waals surface area contributed by atoms with Crippen molar-refractivity contribution in [1.82, 2.24) is 0 Å². The highest BCUT2D eigenvalue weighted by atomic mass is 19.4. The van der Waals surface area contributed by atoms with Crippen molar-refractivity contribution < 1.29 is 18.0 Å². The summed E-state index contributed by atoms with van der Waals surface area (Å²) in [5.74, 6) is 0.201. The fourth-order valence-corrected chi connectivity index (χ4v) is 2.01. The van der Waals surface area contributed by atoms with E-state index in [2.05, 4.69) is 5.32 Å². The average Bonchev–Trinajstić information content (AvgIpc) is 2.25. The lowest BCUT2D eigenvalue weighted by Gasteiger charge is -2.24. The quantitative estimate of drug-likeness (QED) is 0.828. The van der Waals surface area contributed by atoms with Crippen molar-refractivity contribution in [1.29, 1.82) is 0 Å². The van der Waals surface area contributed by atoms with Crippen LogP contribution in [-0.2, 0) is 11.0 Å². The minimum Gasteiger partial charge on any atom is -0.397 e. The van der Waals surface area contributed by atoms with E-state index in [4.69, 9.17) is 5.73 Å². The van der Waals surface area contributed by atoms with Gasteiger partial charge in [0.15, 0.2) is 0 Å². The number of anilines is 2. The number of nitrogen functional groups attached to an aromatic ring is 1. The molecule has 0 aromatic heterocycles. The molecule has 1 fully saturated rings. The van der Waals surface area contributed by atoms with Gasteiger partial charge in [-0.15, -0.1) is 0 Å². The van der Waals surface area contributed by atoms with Crippen molar-refractivity contribution in [2.24, 2.45) is 5.92 Å². The molecule has 3 nitrogen and oxygen atoms in total. The molecule has 1 amide bonds. The monoisotopic (exact) mass is 272 g/mol. The summed E-state index contributed by atoms with van der Waals surface area (Å²) in [5.41, 5.74) is 4.87. The SMILES string of the molecule is Nc1cc(C(F)(F)F)ccc1NC(=O)CC1CCC1. The fraction of sp³-hybridized carbons (Fsp3) is 0.462. The molecule has 0 radical (unpaired) electrons. The number of benzene rings is 1. The van der Waals surface area contributed by atoms with Gasteiger partial charge in [-0.05, 0) is 37.0 Å². The molecule has 104 valence electrons. The third-order valence-electron chi connectivity index (χ3n) is 3.35. The second kappa shape index (κ2) is 5.11. The number of hydrogen-bond acceptors (Lipinski definition) is 2. The Hall–Kier alpha value is -1.72. The number of amides is 1. The molecule has 2 rings (SSSR count). The third-order valence-corrected chi connectivity index (χ3v) is 3.35. The smallest absolute Gasteiger partial charge is 0.397 e. The van der Waals surface area contributed by atoms with Crippen LogP contribution in [0.25, 0.3) is 0 Å². The lowest BCUT2D eigenvalue weighted by molar-refractivity contribution is -0.137. The van der Waals surface area contributed by atoms with Crippen molar-refractivity contribution in [2.45, 2.75) is 31.9 Å². The largest absolute Gasteiger partial charge is 0.416 e. The lowest BCUT2D eigenvalue weighted by Crippen LogP contribution is -2.21. The van der Waals surface area contributed by atoms with Crippen LogP contribution in [0.4, 0.5) is 24.5 Å². The molecular formula is C13H15F3N2O. The zero-order valence-corrected chi connectivity index (χ0v) is 10.3. The van der Waals surface area contributed by atoms with Crippen LogP contribution in [0.3, 0.4) is 0 Å². The maximum absolute atomic E-state index is 12.4. The van der Waals surface area contributed by atoms with Gasteiger partial charge in [-0.2, -0.15) is 13.2 Å². The maximum atomic E-state index is 12.4. The van der Waals surface area contributed by atoms with E-state index < -0.39 is 11.7 Å². The molecule has 1 aromatic carbocycles. The Morgan fingerprint density at radius 1 is 1.37 bits per heavy atom. The first-order valence-electron chi connectivity index (χ1n) is 6.13. The van der Waals surface area contributed by atoms with Crippen molar-refractivity contribution in [3.63, 3.8) is 0 Å². The van der Waals surface area contributed by atoms with Crippen LogP contribution in [0.1, 0.15) is 31.2 Å². The highest BCUT2D eigenvalue weighted by molar-refractivity contribution is 5.94. The van der Waals surface area contributed by atoms with Gasteiger partial charge in [0.1, 0.15) is 0 Å². The topological polar surface area (TPSA) is 55.1 Å². The van der Waals surface area contributed by atoms with Crippen molar-refractivity contribution >= 4 is 17.3 Å². The molecule has 6 heteroatoms. The van der Waals surface area contributed by atoms with Crippen LogP contribution in [0.15, 0.2) is 18.2 Å². The fourth-order valence-electron chi connectivity index (χ4n) is 2.01. The summed E-state index contributed by atoms with van der Waals surface area (Å²) in [6.45, 7) is 0. The third kappa shape index (κ3) is 3.39. The van der Waals surface area contributed by atoms with E-state index in [9.17, 15) is 18.0 Å². The molecule has 1 aliphatic carbocycles. The summed E-state index contributed by atoms with van der Waals surface area (Å²) in [7, 11) is 0. The van der Waals surface area contributed by atoms with Crippen molar-refractivity contribution in [2.75, 3.05) is 11.1 Å². The zero-order valence-electron chi connectivity index (χ0n) is 10.3. The molecule has 0 aliphatic heterocycles. The summed E-state index contributed by atoms with van der Waals surface area (Å²) in [4.78, 5) is 11.7. The van der Waals surface area contributed by atoms with Crippen LogP contribution >= 0.6 is 0 Å². The molecule has 0 heterocycles. The van der Waals surface area contributed by atoms with E-state index in [1.54, 1.807) is 0 Å². The molecule has 0 bridgehead atoms. The first kappa shape index (κ1) is 13.7. The van der Waals surface area contributed by atoms with Crippen LogP contribution in [0, 0.1) is 5.92 Å². The number of hydrogen-bond donors (Lipinski definition) is 2. The van der Waals surface area contributed by atoms with Crippen molar-refractivity contribution in [3.8, 4) is 0 Å². The minimum atomic E-state index is -4.43. The normalized spacial score (nSPS) is 15.9. The molecule has 0 saturated heterocycles.